The number of carbonyl (C=O) groups is 1. The van der Waals surface area contributed by atoms with Crippen LogP contribution < -0.4 is 5.56 Å². The Hall–Kier alpha value is -2.51. The smallest absolute Gasteiger partial charge is 0.344 e. The van der Waals surface area contributed by atoms with Gasteiger partial charge in [-0.2, -0.15) is 0 Å². The molecule has 0 saturated heterocycles. The number of halogens is 1. The first-order valence-electron chi connectivity index (χ1n) is 9.30. The number of nitrogens with zero attached hydrogens (tertiary/aromatic N) is 2. The highest BCUT2D eigenvalue weighted by atomic mass is 35.5. The molecule has 1 N–H and O–H groups in total. The van der Waals surface area contributed by atoms with Crippen LogP contribution in [0.15, 0.2) is 35.1 Å². The molecule has 30 heavy (non-hydrogen) atoms. The number of rotatable bonds is 3. The Kier molecular flexibility index (Phi) is 4.38. The third-order valence-corrected chi connectivity index (χ3v) is 6.46. The molecule has 1 aromatic carbocycles. The highest BCUT2D eigenvalue weighted by Crippen LogP contribution is 2.44. The molecule has 2 aliphatic rings. The zero-order valence-corrected chi connectivity index (χ0v) is 17.5. The minimum Gasteiger partial charge on any atom is -0.458 e. The van der Waals surface area contributed by atoms with Crippen LogP contribution in [-0.4, -0.2) is 20.4 Å². The van der Waals surface area contributed by atoms with Gasteiger partial charge >= 0.3 is 14.2 Å². The summed E-state index contributed by atoms with van der Waals surface area (Å²) in [7, 11) is -3.48. The molecule has 2 atom stereocenters. The predicted octanol–water partition coefficient (Wildman–Crippen LogP) is 3.14. The SMILES string of the molecule is CC[C@@]1(O[PH](=O)O)C(=O)OCc2c1cc1n(c2=O)Cc2cc3cc(Cl)ccc3nc2-1. The van der Waals surface area contributed by atoms with E-state index in [1.807, 2.05) is 12.1 Å². The van der Waals surface area contributed by atoms with Gasteiger partial charge in [-0.1, -0.05) is 18.5 Å². The van der Waals surface area contributed by atoms with Crippen LogP contribution in [-0.2, 0) is 37.4 Å². The van der Waals surface area contributed by atoms with Gasteiger partial charge in [0.2, 0.25) is 0 Å². The van der Waals surface area contributed by atoms with Crippen LogP contribution in [0.4, 0.5) is 0 Å². The topological polar surface area (TPSA) is 108 Å². The summed E-state index contributed by atoms with van der Waals surface area (Å²) in [5.74, 6) is -0.784. The van der Waals surface area contributed by atoms with E-state index in [2.05, 4.69) is 0 Å². The number of fused-ring (bicyclic) bond motifs is 5. The lowest BCUT2D eigenvalue weighted by Crippen LogP contribution is -2.45. The maximum atomic E-state index is 13.3. The summed E-state index contributed by atoms with van der Waals surface area (Å²) in [5.41, 5.74) is 1.06. The minimum absolute atomic E-state index is 0.0369. The van der Waals surface area contributed by atoms with Crippen molar-refractivity contribution in [3.05, 3.63) is 62.4 Å². The van der Waals surface area contributed by atoms with Crippen LogP contribution in [0.1, 0.15) is 30.0 Å². The van der Waals surface area contributed by atoms with Crippen LogP contribution in [0.2, 0.25) is 5.02 Å². The molecule has 2 aromatic heterocycles. The molecule has 0 radical (unpaired) electrons. The molecular weight excluding hydrogens is 431 g/mol. The predicted molar refractivity (Wildman–Crippen MR) is 110 cm³/mol. The Bertz CT molecular complexity index is 1340. The molecule has 154 valence electrons. The lowest BCUT2D eigenvalue weighted by Gasteiger charge is -2.34. The summed E-state index contributed by atoms with van der Waals surface area (Å²) >= 11 is 6.09. The Balaban J connectivity index is 1.78. The molecule has 2 aliphatic heterocycles. The quantitative estimate of drug-likeness (QED) is 0.380. The van der Waals surface area contributed by atoms with Crippen LogP contribution in [0, 0.1) is 0 Å². The number of hydrogen-bond donors (Lipinski definition) is 1. The molecule has 0 spiro atoms. The van der Waals surface area contributed by atoms with Gasteiger partial charge in [-0.25, -0.2) is 9.78 Å². The molecule has 4 heterocycles. The molecule has 10 heteroatoms. The maximum Gasteiger partial charge on any atom is 0.344 e. The van der Waals surface area contributed by atoms with Crippen LogP contribution >= 0.6 is 19.9 Å². The van der Waals surface area contributed by atoms with E-state index in [4.69, 9.17) is 25.8 Å². The Morgan fingerprint density at radius 2 is 2.13 bits per heavy atom. The van der Waals surface area contributed by atoms with E-state index < -0.39 is 19.8 Å². The summed E-state index contributed by atoms with van der Waals surface area (Å²) in [6, 6.07) is 8.94. The average molecular weight is 447 g/mol. The second-order valence-corrected chi connectivity index (χ2v) is 8.44. The largest absolute Gasteiger partial charge is 0.458 e. The van der Waals surface area contributed by atoms with Gasteiger partial charge in [-0.3, -0.25) is 13.9 Å². The number of aromatic nitrogens is 2. The molecule has 0 fully saturated rings. The molecule has 0 saturated carbocycles. The van der Waals surface area contributed by atoms with Gasteiger partial charge in [-0.05, 0) is 36.8 Å². The van der Waals surface area contributed by atoms with E-state index in [1.54, 1.807) is 29.7 Å². The van der Waals surface area contributed by atoms with Crippen molar-refractivity contribution in [1.29, 1.82) is 0 Å². The molecule has 5 rings (SSSR count). The van der Waals surface area contributed by atoms with Gasteiger partial charge in [-0.15, -0.1) is 0 Å². The standard InChI is InChI=1S/C20H16ClN2O6P/c1-2-20(29-30(26)27)14-7-16-17-11(5-10-6-12(21)3-4-15(10)22-17)8-23(16)18(24)13(14)9-28-19(20)25/h3-7,30H,2,8-9H2,1H3,(H,26,27)/t20-/m0/s1. The van der Waals surface area contributed by atoms with Crippen LogP contribution in [0.5, 0.6) is 0 Å². The lowest BCUT2D eigenvalue weighted by molar-refractivity contribution is -0.169. The van der Waals surface area contributed by atoms with Crippen molar-refractivity contribution in [2.24, 2.45) is 0 Å². The van der Waals surface area contributed by atoms with E-state index in [1.165, 1.54) is 0 Å². The van der Waals surface area contributed by atoms with Gasteiger partial charge in [0.1, 0.15) is 6.61 Å². The number of esters is 1. The van der Waals surface area contributed by atoms with E-state index >= 15 is 0 Å². The Labute approximate surface area is 176 Å². The van der Waals surface area contributed by atoms with Gasteiger partial charge in [0.05, 0.1) is 29.0 Å². The number of pyridine rings is 2. The van der Waals surface area contributed by atoms with Crippen molar-refractivity contribution in [3.63, 3.8) is 0 Å². The first-order chi connectivity index (χ1) is 14.3. The van der Waals surface area contributed by atoms with Crippen LogP contribution in [0.3, 0.4) is 0 Å². The van der Waals surface area contributed by atoms with E-state index in [0.717, 1.165) is 16.5 Å². The van der Waals surface area contributed by atoms with Crippen molar-refractivity contribution >= 4 is 36.7 Å². The highest BCUT2D eigenvalue weighted by molar-refractivity contribution is 7.32. The summed E-state index contributed by atoms with van der Waals surface area (Å²) < 4.78 is 23.5. The minimum atomic E-state index is -3.48. The molecular formula is C20H16ClN2O6P. The summed E-state index contributed by atoms with van der Waals surface area (Å²) in [4.78, 5) is 40.0. The highest BCUT2D eigenvalue weighted by Gasteiger charge is 2.49. The summed E-state index contributed by atoms with van der Waals surface area (Å²) in [5, 5.41) is 1.45. The lowest BCUT2D eigenvalue weighted by atomic mass is 9.86. The monoisotopic (exact) mass is 446 g/mol. The number of benzene rings is 1. The Morgan fingerprint density at radius 1 is 1.33 bits per heavy atom. The molecule has 8 nitrogen and oxygen atoms in total. The fraction of sp³-hybridized carbons (Fsp3) is 0.250. The van der Waals surface area contributed by atoms with E-state index in [0.29, 0.717) is 23.0 Å². The first-order valence-corrected chi connectivity index (χ1v) is 10.9. The van der Waals surface area contributed by atoms with Gasteiger partial charge in [0, 0.05) is 21.5 Å². The molecule has 0 amide bonds. The van der Waals surface area contributed by atoms with Crippen LogP contribution in [0.25, 0.3) is 22.3 Å². The summed E-state index contributed by atoms with van der Waals surface area (Å²) in [6.45, 7) is 1.73. The number of carbonyl (C=O) groups excluding carboxylic acids is 1. The summed E-state index contributed by atoms with van der Waals surface area (Å²) in [6.07, 6.45) is 0.0369. The second-order valence-electron chi connectivity index (χ2n) is 7.27. The normalized spacial score (nSPS) is 20.4. The van der Waals surface area contributed by atoms with Crippen molar-refractivity contribution < 1.29 is 23.5 Å². The van der Waals surface area contributed by atoms with Gasteiger partial charge in [0.25, 0.3) is 5.56 Å². The second kappa shape index (κ2) is 6.75. The average Bonchev–Trinajstić information content (AvgIpc) is 3.06. The number of hydrogen-bond acceptors (Lipinski definition) is 6. The van der Waals surface area contributed by atoms with Gasteiger partial charge in [0.15, 0.2) is 5.60 Å². The van der Waals surface area contributed by atoms with Crippen molar-refractivity contribution in [3.8, 4) is 11.4 Å². The third-order valence-electron chi connectivity index (χ3n) is 5.70. The van der Waals surface area contributed by atoms with Crippen molar-refractivity contribution in [2.45, 2.75) is 32.1 Å². The third kappa shape index (κ3) is 2.68. The van der Waals surface area contributed by atoms with Crippen molar-refractivity contribution in [2.75, 3.05) is 0 Å². The molecule has 0 bridgehead atoms. The fourth-order valence-corrected chi connectivity index (χ4v) is 5.08. The van der Waals surface area contributed by atoms with E-state index in [9.17, 15) is 19.0 Å². The molecule has 1 unspecified atom stereocenters. The van der Waals surface area contributed by atoms with Crippen molar-refractivity contribution in [1.82, 2.24) is 9.55 Å². The first kappa shape index (κ1) is 19.5. The molecule has 0 aliphatic carbocycles. The zero-order valence-electron chi connectivity index (χ0n) is 15.8. The van der Waals surface area contributed by atoms with Gasteiger partial charge < -0.3 is 14.2 Å². The number of ether oxygens (including phenoxy) is 1. The maximum absolute atomic E-state index is 13.3. The molecule has 3 aromatic rings. The Morgan fingerprint density at radius 3 is 2.87 bits per heavy atom. The number of cyclic esters (lactones) is 1. The zero-order chi connectivity index (χ0) is 21.2. The van der Waals surface area contributed by atoms with E-state index in [-0.39, 0.29) is 29.7 Å². The fourth-order valence-electron chi connectivity index (χ4n) is 4.26.